The third-order valence-corrected chi connectivity index (χ3v) is 5.01. The van der Waals surface area contributed by atoms with E-state index in [1.807, 2.05) is 28.8 Å². The van der Waals surface area contributed by atoms with E-state index in [1.165, 1.54) is 17.8 Å². The molecule has 0 aliphatic carbocycles. The minimum absolute atomic E-state index is 0.293. The molecule has 4 rings (SSSR count). The minimum Gasteiger partial charge on any atom is -0.310 e. The monoisotopic (exact) mass is 320 g/mol. The van der Waals surface area contributed by atoms with E-state index >= 15 is 0 Å². The van der Waals surface area contributed by atoms with Crippen LogP contribution in [0.4, 0.5) is 13.2 Å². The largest absolute Gasteiger partial charge is 0.416 e. The number of thioether (sulfide) groups is 1. The molecule has 0 radical (unpaired) electrons. The summed E-state index contributed by atoms with van der Waals surface area (Å²) in [6.07, 6.45) is -4.35. The molecule has 1 aliphatic rings. The maximum Gasteiger partial charge on any atom is 0.416 e. The second-order valence-electron chi connectivity index (χ2n) is 5.14. The number of fused-ring (bicyclic) bond motifs is 3. The van der Waals surface area contributed by atoms with Crippen molar-refractivity contribution in [2.24, 2.45) is 0 Å². The lowest BCUT2D eigenvalue weighted by atomic mass is 10.1. The van der Waals surface area contributed by atoms with Crippen LogP contribution in [0, 0.1) is 0 Å². The Kier molecular flexibility index (Phi) is 2.97. The summed E-state index contributed by atoms with van der Waals surface area (Å²) in [6.45, 7) is 0. The molecule has 6 heteroatoms. The number of nitrogens with zero attached hydrogens (tertiary/aromatic N) is 2. The topological polar surface area (TPSA) is 17.8 Å². The van der Waals surface area contributed by atoms with Gasteiger partial charge in [0.1, 0.15) is 11.2 Å². The molecular formula is C16H11F3N2S. The lowest BCUT2D eigenvalue weighted by molar-refractivity contribution is -0.138. The summed E-state index contributed by atoms with van der Waals surface area (Å²) >= 11 is 1.48. The van der Waals surface area contributed by atoms with E-state index in [1.54, 1.807) is 12.1 Å². The van der Waals surface area contributed by atoms with Crippen LogP contribution in [0.2, 0.25) is 0 Å². The molecule has 2 aromatic carbocycles. The number of imidazole rings is 1. The molecule has 112 valence electrons. The molecule has 1 aliphatic heterocycles. The van der Waals surface area contributed by atoms with E-state index in [4.69, 9.17) is 0 Å². The SMILES string of the molecule is FC(F)(F)c1ccccc1[C@H]1SCc2nc3ccccc3n21. The van der Waals surface area contributed by atoms with Crippen LogP contribution in [-0.4, -0.2) is 9.55 Å². The second kappa shape index (κ2) is 4.78. The Hall–Kier alpha value is -1.95. The average molecular weight is 320 g/mol. The fourth-order valence-corrected chi connectivity index (χ4v) is 4.17. The summed E-state index contributed by atoms with van der Waals surface area (Å²) in [7, 11) is 0. The zero-order valence-electron chi connectivity index (χ0n) is 11.3. The first kappa shape index (κ1) is 13.7. The predicted octanol–water partition coefficient (Wildman–Crippen LogP) is 4.85. The van der Waals surface area contributed by atoms with Gasteiger partial charge in [-0.3, -0.25) is 0 Å². The van der Waals surface area contributed by atoms with Gasteiger partial charge in [0.25, 0.3) is 0 Å². The first-order valence-electron chi connectivity index (χ1n) is 6.79. The van der Waals surface area contributed by atoms with Gasteiger partial charge in [-0.05, 0) is 23.8 Å². The quantitative estimate of drug-likeness (QED) is 0.638. The van der Waals surface area contributed by atoms with Gasteiger partial charge >= 0.3 is 6.18 Å². The first-order chi connectivity index (χ1) is 10.6. The van der Waals surface area contributed by atoms with Crippen LogP contribution in [0.1, 0.15) is 22.3 Å². The lowest BCUT2D eigenvalue weighted by Crippen LogP contribution is -2.13. The maximum atomic E-state index is 13.3. The number of benzene rings is 2. The molecule has 0 saturated heterocycles. The van der Waals surface area contributed by atoms with Gasteiger partial charge in [-0.1, -0.05) is 30.3 Å². The summed E-state index contributed by atoms with van der Waals surface area (Å²) in [5, 5.41) is -0.389. The van der Waals surface area contributed by atoms with Crippen molar-refractivity contribution < 1.29 is 13.2 Å². The summed E-state index contributed by atoms with van der Waals surface area (Å²) < 4.78 is 41.8. The molecule has 2 nitrogen and oxygen atoms in total. The van der Waals surface area contributed by atoms with Crippen molar-refractivity contribution in [2.45, 2.75) is 17.3 Å². The Labute approximate surface area is 129 Å². The molecule has 1 aromatic heterocycles. The number of alkyl halides is 3. The van der Waals surface area contributed by atoms with Crippen LogP contribution >= 0.6 is 11.8 Å². The summed E-state index contributed by atoms with van der Waals surface area (Å²) in [5.74, 6) is 1.44. The van der Waals surface area contributed by atoms with Crippen LogP contribution in [0.3, 0.4) is 0 Å². The van der Waals surface area contributed by atoms with Crippen molar-refractivity contribution in [3.63, 3.8) is 0 Å². The normalized spacial score (nSPS) is 17.9. The van der Waals surface area contributed by atoms with Gasteiger partial charge in [0.2, 0.25) is 0 Å². The van der Waals surface area contributed by atoms with Gasteiger partial charge in [-0.2, -0.15) is 13.2 Å². The molecule has 0 N–H and O–H groups in total. The second-order valence-corrected chi connectivity index (χ2v) is 6.20. The van der Waals surface area contributed by atoms with Crippen LogP contribution in [0.15, 0.2) is 48.5 Å². The Morgan fingerprint density at radius 2 is 1.77 bits per heavy atom. The van der Waals surface area contributed by atoms with Gasteiger partial charge in [0, 0.05) is 0 Å². The molecule has 0 fully saturated rings. The van der Waals surface area contributed by atoms with Gasteiger partial charge in [-0.15, -0.1) is 11.8 Å². The molecule has 0 saturated carbocycles. The van der Waals surface area contributed by atoms with Crippen molar-refractivity contribution in [3.05, 3.63) is 65.5 Å². The fourth-order valence-electron chi connectivity index (χ4n) is 2.89. The number of para-hydroxylation sites is 2. The van der Waals surface area contributed by atoms with Crippen molar-refractivity contribution in [1.82, 2.24) is 9.55 Å². The molecule has 22 heavy (non-hydrogen) atoms. The maximum absolute atomic E-state index is 13.3. The fraction of sp³-hybridized carbons (Fsp3) is 0.188. The number of hydrogen-bond acceptors (Lipinski definition) is 2. The summed E-state index contributed by atoms with van der Waals surface area (Å²) in [4.78, 5) is 4.52. The molecular weight excluding hydrogens is 309 g/mol. The van der Waals surface area contributed by atoms with Crippen LogP contribution in [-0.2, 0) is 11.9 Å². The van der Waals surface area contributed by atoms with Crippen molar-refractivity contribution in [1.29, 1.82) is 0 Å². The zero-order chi connectivity index (χ0) is 15.3. The van der Waals surface area contributed by atoms with Gasteiger partial charge < -0.3 is 4.57 Å². The molecule has 0 amide bonds. The summed E-state index contributed by atoms with van der Waals surface area (Å²) in [5.41, 5.74) is 1.43. The Bertz CT molecular complexity index is 854. The highest BCUT2D eigenvalue weighted by molar-refractivity contribution is 7.99. The van der Waals surface area contributed by atoms with Crippen molar-refractivity contribution in [2.75, 3.05) is 0 Å². The van der Waals surface area contributed by atoms with E-state index in [9.17, 15) is 13.2 Å². The van der Waals surface area contributed by atoms with E-state index in [0.717, 1.165) is 22.9 Å². The highest BCUT2D eigenvalue weighted by Gasteiger charge is 2.37. The molecule has 1 atom stereocenters. The molecule has 2 heterocycles. The Morgan fingerprint density at radius 1 is 1.05 bits per heavy atom. The van der Waals surface area contributed by atoms with Gasteiger partial charge in [0.05, 0.1) is 22.3 Å². The van der Waals surface area contributed by atoms with Crippen molar-refractivity contribution >= 4 is 22.8 Å². The smallest absolute Gasteiger partial charge is 0.310 e. The van der Waals surface area contributed by atoms with Gasteiger partial charge in [0.15, 0.2) is 0 Å². The summed E-state index contributed by atoms with van der Waals surface area (Å²) in [6, 6.07) is 13.3. The standard InChI is InChI=1S/C16H11F3N2S/c17-16(18,19)11-6-2-1-5-10(11)15-21-13-8-4-3-7-12(13)20-14(21)9-22-15/h1-8,15H,9H2/t15-/m1/s1. The van der Waals surface area contributed by atoms with E-state index in [0.29, 0.717) is 11.3 Å². The zero-order valence-corrected chi connectivity index (χ0v) is 12.2. The average Bonchev–Trinajstić information content (AvgIpc) is 3.05. The third kappa shape index (κ3) is 2.01. The molecule has 0 spiro atoms. The number of halogens is 3. The van der Waals surface area contributed by atoms with Gasteiger partial charge in [-0.25, -0.2) is 4.98 Å². The van der Waals surface area contributed by atoms with E-state index < -0.39 is 11.7 Å². The predicted molar refractivity (Wildman–Crippen MR) is 80.6 cm³/mol. The van der Waals surface area contributed by atoms with Crippen LogP contribution in [0.25, 0.3) is 11.0 Å². The highest BCUT2D eigenvalue weighted by atomic mass is 32.2. The Balaban J connectivity index is 1.92. The first-order valence-corrected chi connectivity index (χ1v) is 7.84. The lowest BCUT2D eigenvalue weighted by Gasteiger charge is -2.19. The Morgan fingerprint density at radius 3 is 2.59 bits per heavy atom. The molecule has 3 aromatic rings. The molecule has 0 unspecified atom stereocenters. The molecule has 0 bridgehead atoms. The van der Waals surface area contributed by atoms with E-state index in [-0.39, 0.29) is 5.37 Å². The van der Waals surface area contributed by atoms with E-state index in [2.05, 4.69) is 4.98 Å². The number of rotatable bonds is 1. The highest BCUT2D eigenvalue weighted by Crippen LogP contribution is 2.46. The van der Waals surface area contributed by atoms with Crippen molar-refractivity contribution in [3.8, 4) is 0 Å². The number of aromatic nitrogens is 2. The van der Waals surface area contributed by atoms with Crippen LogP contribution < -0.4 is 0 Å². The minimum atomic E-state index is -4.35. The third-order valence-electron chi connectivity index (χ3n) is 3.81. The van der Waals surface area contributed by atoms with Crippen LogP contribution in [0.5, 0.6) is 0 Å². The number of hydrogen-bond donors (Lipinski definition) is 0.